The Morgan fingerprint density at radius 3 is 2.18 bits per heavy atom. The summed E-state index contributed by atoms with van der Waals surface area (Å²) in [7, 11) is -4.13. The highest BCUT2D eigenvalue weighted by Crippen LogP contribution is 2.02. The topological polar surface area (TPSA) is 57.2 Å². The third-order valence-corrected chi connectivity index (χ3v) is 1.87. The fraction of sp³-hybridized carbons (Fsp3) is 0.143. The molecule has 0 saturated carbocycles. The van der Waals surface area contributed by atoms with Gasteiger partial charge in [-0.05, 0) is 5.56 Å². The van der Waals surface area contributed by atoms with Crippen LogP contribution in [-0.4, -0.2) is 13.0 Å². The van der Waals surface area contributed by atoms with Crippen molar-refractivity contribution in [3.8, 4) is 0 Å². The molecule has 0 aliphatic rings. The first-order valence-electron chi connectivity index (χ1n) is 3.05. The van der Waals surface area contributed by atoms with E-state index in [1.807, 2.05) is 0 Å². The van der Waals surface area contributed by atoms with Crippen molar-refractivity contribution in [1.82, 2.24) is 0 Å². The maximum Gasteiger partial charge on any atom is 0.0988 e. The number of hydrogen-bond donors (Lipinski definition) is 0. The van der Waals surface area contributed by atoms with Crippen molar-refractivity contribution in [3.63, 3.8) is 0 Å². The molecule has 0 radical (unpaired) electrons. The van der Waals surface area contributed by atoms with Crippen LogP contribution in [0.1, 0.15) is 5.56 Å². The van der Waals surface area contributed by atoms with Gasteiger partial charge in [0.1, 0.15) is 0 Å². The summed E-state index contributed by atoms with van der Waals surface area (Å²) in [6.45, 7) is 0. The zero-order chi connectivity index (χ0) is 8.32. The van der Waals surface area contributed by atoms with Crippen LogP contribution in [-0.2, 0) is 15.9 Å². The highest BCUT2D eigenvalue weighted by Gasteiger charge is 1.95. The predicted molar refractivity (Wildman–Crippen MR) is 39.8 cm³/mol. The summed E-state index contributed by atoms with van der Waals surface area (Å²) in [5, 5.41) is 0. The highest BCUT2D eigenvalue weighted by molar-refractivity contribution is 7.84. The van der Waals surface area contributed by atoms with Gasteiger partial charge in [-0.3, -0.25) is 0 Å². The van der Waals surface area contributed by atoms with E-state index in [0.717, 1.165) is 0 Å². The van der Waals surface area contributed by atoms with E-state index in [1.165, 1.54) is 0 Å². The molecule has 0 atom stereocenters. The smallest absolute Gasteiger partial charge is 0.0988 e. The molecule has 1 aromatic rings. The van der Waals surface area contributed by atoms with Gasteiger partial charge in [0.2, 0.25) is 0 Å². The molecule has 0 amide bonds. The maximum atomic E-state index is 10.2. The average Bonchev–Trinajstić information content (AvgIpc) is 1.85. The predicted octanol–water partition coefficient (Wildman–Crippen LogP) is 0.732. The third kappa shape index (κ3) is 3.15. The highest BCUT2D eigenvalue weighted by atomic mass is 32.2. The van der Waals surface area contributed by atoms with Crippen molar-refractivity contribution >= 4 is 10.1 Å². The van der Waals surface area contributed by atoms with E-state index in [2.05, 4.69) is 0 Å². The van der Waals surface area contributed by atoms with Crippen molar-refractivity contribution in [2.45, 2.75) is 5.75 Å². The monoisotopic (exact) mass is 171 g/mol. The minimum atomic E-state index is -4.13. The van der Waals surface area contributed by atoms with Crippen LogP contribution in [0.2, 0.25) is 0 Å². The number of hydrogen-bond acceptors (Lipinski definition) is 3. The first-order chi connectivity index (χ1) is 5.08. The van der Waals surface area contributed by atoms with Crippen molar-refractivity contribution in [1.29, 1.82) is 0 Å². The van der Waals surface area contributed by atoms with Crippen LogP contribution in [0.25, 0.3) is 0 Å². The number of rotatable bonds is 2. The molecule has 0 heterocycles. The maximum absolute atomic E-state index is 10.2. The molecule has 0 aromatic heterocycles. The first-order valence-corrected chi connectivity index (χ1v) is 4.63. The summed E-state index contributed by atoms with van der Waals surface area (Å²) in [6.07, 6.45) is 0. The molecule has 0 N–H and O–H groups in total. The Bertz CT molecular complexity index is 315. The summed E-state index contributed by atoms with van der Waals surface area (Å²) >= 11 is 0. The largest absolute Gasteiger partial charge is 0.748 e. The molecule has 0 fully saturated rings. The second-order valence-corrected chi connectivity index (χ2v) is 3.59. The summed E-state index contributed by atoms with van der Waals surface area (Å²) in [5.41, 5.74) is 0.530. The Morgan fingerprint density at radius 1 is 1.18 bits per heavy atom. The molecule has 0 aliphatic carbocycles. The molecule has 0 bridgehead atoms. The second-order valence-electron chi connectivity index (χ2n) is 2.19. The Morgan fingerprint density at radius 2 is 1.73 bits per heavy atom. The van der Waals surface area contributed by atoms with Gasteiger partial charge in [-0.15, -0.1) is 0 Å². The molecule has 0 saturated heterocycles. The fourth-order valence-electron chi connectivity index (χ4n) is 0.778. The van der Waals surface area contributed by atoms with E-state index in [-0.39, 0.29) is 0 Å². The fourth-order valence-corrected chi connectivity index (χ4v) is 1.38. The summed E-state index contributed by atoms with van der Waals surface area (Å²) < 4.78 is 30.7. The van der Waals surface area contributed by atoms with Gasteiger partial charge < -0.3 is 4.55 Å². The molecule has 0 unspecified atom stereocenters. The van der Waals surface area contributed by atoms with Crippen LogP contribution in [0.3, 0.4) is 0 Å². The summed E-state index contributed by atoms with van der Waals surface area (Å²) in [6, 6.07) is 8.37. The molecule has 11 heavy (non-hydrogen) atoms. The summed E-state index contributed by atoms with van der Waals surface area (Å²) in [4.78, 5) is 0. The van der Waals surface area contributed by atoms with Crippen LogP contribution >= 0.6 is 0 Å². The van der Waals surface area contributed by atoms with Crippen LogP contribution in [0.15, 0.2) is 30.3 Å². The van der Waals surface area contributed by atoms with Gasteiger partial charge in [0.25, 0.3) is 0 Å². The van der Waals surface area contributed by atoms with Gasteiger partial charge in [-0.25, -0.2) is 8.42 Å². The van der Waals surface area contributed by atoms with E-state index < -0.39 is 15.9 Å². The lowest BCUT2D eigenvalue weighted by Gasteiger charge is -2.05. The van der Waals surface area contributed by atoms with Gasteiger partial charge in [-0.2, -0.15) is 0 Å². The molecule has 60 valence electrons. The van der Waals surface area contributed by atoms with E-state index in [4.69, 9.17) is 0 Å². The third-order valence-electron chi connectivity index (χ3n) is 1.19. The standard InChI is InChI=1S/C7H8O3S/c8-11(9,10)6-7-4-2-1-3-5-7/h1-5H,6H2,(H,8,9,10)/p-1. The Hall–Kier alpha value is -0.870. The molecule has 0 aliphatic heterocycles. The van der Waals surface area contributed by atoms with Crippen molar-refractivity contribution in [2.75, 3.05) is 0 Å². The molecule has 4 heteroatoms. The molecule has 1 rings (SSSR count). The minimum absolute atomic E-state index is 0.423. The SMILES string of the molecule is O=S(=O)([O-])Cc1ccccc1. The van der Waals surface area contributed by atoms with Gasteiger partial charge in [0.15, 0.2) is 0 Å². The van der Waals surface area contributed by atoms with Crippen LogP contribution in [0.5, 0.6) is 0 Å². The van der Waals surface area contributed by atoms with E-state index >= 15 is 0 Å². The van der Waals surface area contributed by atoms with Crippen LogP contribution < -0.4 is 0 Å². The lowest BCUT2D eigenvalue weighted by Crippen LogP contribution is -2.01. The zero-order valence-corrected chi connectivity index (χ0v) is 6.54. The molecule has 0 spiro atoms. The van der Waals surface area contributed by atoms with E-state index in [1.54, 1.807) is 30.3 Å². The van der Waals surface area contributed by atoms with Crippen molar-refractivity contribution in [2.24, 2.45) is 0 Å². The van der Waals surface area contributed by atoms with Gasteiger partial charge >= 0.3 is 0 Å². The molecule has 3 nitrogen and oxygen atoms in total. The summed E-state index contributed by atoms with van der Waals surface area (Å²) in [5.74, 6) is -0.423. The van der Waals surface area contributed by atoms with Gasteiger partial charge in [-0.1, -0.05) is 30.3 Å². The Labute approximate surface area is 65.4 Å². The van der Waals surface area contributed by atoms with Crippen LogP contribution in [0, 0.1) is 0 Å². The normalized spacial score (nSPS) is 11.4. The van der Waals surface area contributed by atoms with E-state index in [0.29, 0.717) is 5.56 Å². The van der Waals surface area contributed by atoms with Crippen LogP contribution in [0.4, 0.5) is 0 Å². The zero-order valence-electron chi connectivity index (χ0n) is 5.73. The molecule has 1 aromatic carbocycles. The van der Waals surface area contributed by atoms with Crippen molar-refractivity contribution in [3.05, 3.63) is 35.9 Å². The molecular weight excluding hydrogens is 164 g/mol. The second kappa shape index (κ2) is 3.02. The minimum Gasteiger partial charge on any atom is -0.748 e. The lowest BCUT2D eigenvalue weighted by atomic mass is 10.2. The Balaban J connectivity index is 2.82. The van der Waals surface area contributed by atoms with E-state index in [9.17, 15) is 13.0 Å². The first kappa shape index (κ1) is 8.23. The number of benzene rings is 1. The quantitative estimate of drug-likeness (QED) is 0.616. The Kier molecular flexibility index (Phi) is 2.26. The van der Waals surface area contributed by atoms with Gasteiger partial charge in [0.05, 0.1) is 15.9 Å². The molecular formula is C7H7O3S-. The van der Waals surface area contributed by atoms with Crippen molar-refractivity contribution < 1.29 is 13.0 Å². The average molecular weight is 171 g/mol. The lowest BCUT2D eigenvalue weighted by molar-refractivity contribution is 0.462. The van der Waals surface area contributed by atoms with Gasteiger partial charge in [0, 0.05) is 0 Å².